The molecule has 1 atom stereocenters. The fourth-order valence-corrected chi connectivity index (χ4v) is 2.25. The van der Waals surface area contributed by atoms with Gasteiger partial charge in [0.25, 0.3) is 0 Å². The second-order valence-electron chi connectivity index (χ2n) is 4.63. The van der Waals surface area contributed by atoms with Crippen LogP contribution in [0.2, 0.25) is 0 Å². The lowest BCUT2D eigenvalue weighted by Gasteiger charge is -2.20. The highest BCUT2D eigenvalue weighted by Crippen LogP contribution is 2.28. The number of hydrazine groups is 1. The lowest BCUT2D eigenvalue weighted by Crippen LogP contribution is -2.30. The number of rotatable bonds is 4. The maximum atomic E-state index is 14.1. The van der Waals surface area contributed by atoms with Gasteiger partial charge in [-0.15, -0.1) is 0 Å². The summed E-state index contributed by atoms with van der Waals surface area (Å²) in [6.07, 6.45) is 4.06. The van der Waals surface area contributed by atoms with Crippen LogP contribution in [-0.2, 0) is 6.42 Å². The van der Waals surface area contributed by atoms with Gasteiger partial charge in [-0.3, -0.25) is 10.8 Å². The topological polar surface area (TPSA) is 50.9 Å². The summed E-state index contributed by atoms with van der Waals surface area (Å²) in [6.45, 7) is 3.50. The molecular formula is C15H17F2N3. The van der Waals surface area contributed by atoms with Crippen molar-refractivity contribution < 1.29 is 8.78 Å². The minimum absolute atomic E-state index is 0.191. The number of nitrogens with zero attached hydrogens (tertiary/aromatic N) is 1. The Labute approximate surface area is 116 Å². The molecule has 1 unspecified atom stereocenters. The standard InChI is InChI=1S/C15H17F2N3/c1-3-10-8-19-7-6-11(10)15(20-18)12-5-4-9(2)13(16)14(12)17/h4-8,15,20H,3,18H2,1-2H3. The Balaban J connectivity index is 2.56. The number of aromatic nitrogens is 1. The van der Waals surface area contributed by atoms with Crippen LogP contribution in [0.15, 0.2) is 30.6 Å². The van der Waals surface area contributed by atoms with E-state index in [1.807, 2.05) is 6.92 Å². The first-order valence-electron chi connectivity index (χ1n) is 6.43. The van der Waals surface area contributed by atoms with Gasteiger partial charge in [0.2, 0.25) is 0 Å². The summed E-state index contributed by atoms with van der Waals surface area (Å²) in [5.41, 5.74) is 4.76. The lowest BCUT2D eigenvalue weighted by atomic mass is 9.94. The zero-order chi connectivity index (χ0) is 14.7. The van der Waals surface area contributed by atoms with Crippen molar-refractivity contribution in [3.05, 3.63) is 64.5 Å². The Hall–Kier alpha value is -1.85. The van der Waals surface area contributed by atoms with Crippen molar-refractivity contribution in [2.45, 2.75) is 26.3 Å². The van der Waals surface area contributed by atoms with E-state index < -0.39 is 17.7 Å². The minimum atomic E-state index is -0.869. The van der Waals surface area contributed by atoms with Crippen molar-refractivity contribution in [1.82, 2.24) is 10.4 Å². The maximum absolute atomic E-state index is 14.1. The summed E-state index contributed by atoms with van der Waals surface area (Å²) in [4.78, 5) is 4.04. The number of nitrogens with one attached hydrogen (secondary N) is 1. The largest absolute Gasteiger partial charge is 0.271 e. The Bertz CT molecular complexity index is 614. The summed E-state index contributed by atoms with van der Waals surface area (Å²) >= 11 is 0. The van der Waals surface area contributed by atoms with Crippen molar-refractivity contribution in [3.63, 3.8) is 0 Å². The third-order valence-electron chi connectivity index (χ3n) is 3.42. The number of benzene rings is 1. The van der Waals surface area contributed by atoms with E-state index in [0.717, 1.165) is 17.5 Å². The van der Waals surface area contributed by atoms with E-state index >= 15 is 0 Å². The molecule has 0 spiro atoms. The zero-order valence-corrected chi connectivity index (χ0v) is 11.5. The quantitative estimate of drug-likeness (QED) is 0.667. The maximum Gasteiger partial charge on any atom is 0.164 e. The predicted molar refractivity (Wildman–Crippen MR) is 73.9 cm³/mol. The van der Waals surface area contributed by atoms with E-state index in [1.165, 1.54) is 6.92 Å². The second kappa shape index (κ2) is 6.07. The molecule has 3 N–H and O–H groups in total. The molecule has 0 radical (unpaired) electrons. The van der Waals surface area contributed by atoms with Gasteiger partial charge in [-0.25, -0.2) is 14.2 Å². The van der Waals surface area contributed by atoms with Gasteiger partial charge in [0.15, 0.2) is 11.6 Å². The molecule has 0 saturated carbocycles. The van der Waals surface area contributed by atoms with Gasteiger partial charge in [0, 0.05) is 18.0 Å². The molecule has 1 heterocycles. The normalized spacial score (nSPS) is 12.4. The van der Waals surface area contributed by atoms with E-state index in [4.69, 9.17) is 5.84 Å². The molecule has 0 saturated heterocycles. The summed E-state index contributed by atoms with van der Waals surface area (Å²) < 4.78 is 27.9. The van der Waals surface area contributed by atoms with Gasteiger partial charge in [-0.2, -0.15) is 0 Å². The van der Waals surface area contributed by atoms with Crippen molar-refractivity contribution >= 4 is 0 Å². The highest BCUT2D eigenvalue weighted by Gasteiger charge is 2.22. The average Bonchev–Trinajstić information content (AvgIpc) is 2.48. The van der Waals surface area contributed by atoms with E-state index in [-0.39, 0.29) is 11.1 Å². The van der Waals surface area contributed by atoms with Gasteiger partial charge < -0.3 is 0 Å². The molecule has 2 rings (SSSR count). The molecule has 106 valence electrons. The zero-order valence-electron chi connectivity index (χ0n) is 11.5. The van der Waals surface area contributed by atoms with Crippen LogP contribution in [0.1, 0.15) is 35.2 Å². The van der Waals surface area contributed by atoms with Crippen LogP contribution < -0.4 is 11.3 Å². The Morgan fingerprint density at radius 1 is 1.20 bits per heavy atom. The second-order valence-corrected chi connectivity index (χ2v) is 4.63. The molecule has 1 aromatic carbocycles. The Morgan fingerprint density at radius 2 is 1.95 bits per heavy atom. The average molecular weight is 277 g/mol. The SMILES string of the molecule is CCc1cnccc1C(NN)c1ccc(C)c(F)c1F. The van der Waals surface area contributed by atoms with Crippen molar-refractivity contribution in [2.75, 3.05) is 0 Å². The summed E-state index contributed by atoms with van der Waals surface area (Å²) in [5.74, 6) is 3.85. The molecule has 0 bridgehead atoms. The predicted octanol–water partition coefficient (Wildman–Crippen LogP) is 2.78. The van der Waals surface area contributed by atoms with Crippen LogP contribution in [0.3, 0.4) is 0 Å². The molecular weight excluding hydrogens is 260 g/mol. The van der Waals surface area contributed by atoms with Crippen LogP contribution in [0.4, 0.5) is 8.78 Å². The number of nitrogens with two attached hydrogens (primary N) is 1. The first-order valence-corrected chi connectivity index (χ1v) is 6.43. The van der Waals surface area contributed by atoms with E-state index in [0.29, 0.717) is 0 Å². The monoisotopic (exact) mass is 277 g/mol. The molecule has 0 aliphatic heterocycles. The molecule has 20 heavy (non-hydrogen) atoms. The van der Waals surface area contributed by atoms with Gasteiger partial charge >= 0.3 is 0 Å². The van der Waals surface area contributed by atoms with Gasteiger partial charge in [0.1, 0.15) is 0 Å². The van der Waals surface area contributed by atoms with Crippen LogP contribution in [0.25, 0.3) is 0 Å². The lowest BCUT2D eigenvalue weighted by molar-refractivity contribution is 0.478. The van der Waals surface area contributed by atoms with Crippen molar-refractivity contribution in [2.24, 2.45) is 5.84 Å². The van der Waals surface area contributed by atoms with Gasteiger partial charge in [-0.05, 0) is 36.1 Å². The highest BCUT2D eigenvalue weighted by atomic mass is 19.2. The fourth-order valence-electron chi connectivity index (χ4n) is 2.25. The van der Waals surface area contributed by atoms with Gasteiger partial charge in [0.05, 0.1) is 6.04 Å². The molecule has 3 nitrogen and oxygen atoms in total. The number of hydrogen-bond donors (Lipinski definition) is 2. The van der Waals surface area contributed by atoms with E-state index in [9.17, 15) is 8.78 Å². The molecule has 0 amide bonds. The highest BCUT2D eigenvalue weighted by molar-refractivity contribution is 5.38. The van der Waals surface area contributed by atoms with Crippen LogP contribution in [-0.4, -0.2) is 4.98 Å². The first kappa shape index (κ1) is 14.6. The van der Waals surface area contributed by atoms with E-state index in [2.05, 4.69) is 10.4 Å². The summed E-state index contributed by atoms with van der Waals surface area (Å²) in [7, 11) is 0. The molecule has 1 aromatic heterocycles. The van der Waals surface area contributed by atoms with Gasteiger partial charge in [-0.1, -0.05) is 19.1 Å². The molecule has 0 aliphatic rings. The smallest absolute Gasteiger partial charge is 0.164 e. The minimum Gasteiger partial charge on any atom is -0.271 e. The number of aryl methyl sites for hydroxylation is 2. The fraction of sp³-hybridized carbons (Fsp3) is 0.267. The van der Waals surface area contributed by atoms with Crippen molar-refractivity contribution in [1.29, 1.82) is 0 Å². The number of hydrogen-bond acceptors (Lipinski definition) is 3. The van der Waals surface area contributed by atoms with Crippen LogP contribution in [0, 0.1) is 18.6 Å². The molecule has 0 fully saturated rings. The Kier molecular flexibility index (Phi) is 4.42. The third kappa shape index (κ3) is 2.55. The Morgan fingerprint density at radius 3 is 2.60 bits per heavy atom. The first-order chi connectivity index (χ1) is 9.60. The molecule has 0 aliphatic carbocycles. The molecule has 2 aromatic rings. The summed E-state index contributed by atoms with van der Waals surface area (Å²) in [5, 5.41) is 0. The van der Waals surface area contributed by atoms with Crippen LogP contribution >= 0.6 is 0 Å². The van der Waals surface area contributed by atoms with E-state index in [1.54, 1.807) is 30.6 Å². The number of pyridine rings is 1. The summed E-state index contributed by atoms with van der Waals surface area (Å²) in [6, 6.07) is 4.26. The van der Waals surface area contributed by atoms with Crippen molar-refractivity contribution in [3.8, 4) is 0 Å². The van der Waals surface area contributed by atoms with Crippen LogP contribution in [0.5, 0.6) is 0 Å². The third-order valence-corrected chi connectivity index (χ3v) is 3.42. The number of halogens is 2. The molecule has 5 heteroatoms.